The van der Waals surface area contributed by atoms with Gasteiger partial charge in [-0.15, -0.1) is 0 Å². The van der Waals surface area contributed by atoms with Gasteiger partial charge in [-0.2, -0.15) is 0 Å². The smallest absolute Gasteiger partial charge is 0.225 e. The van der Waals surface area contributed by atoms with Gasteiger partial charge in [-0.05, 0) is 32.7 Å². The molecule has 3 heterocycles. The fraction of sp³-hybridized carbons (Fsp3) is 0.900. The van der Waals surface area contributed by atoms with Crippen molar-refractivity contribution in [2.45, 2.75) is 58.2 Å². The summed E-state index contributed by atoms with van der Waals surface area (Å²) in [5.41, 5.74) is 0. The van der Waals surface area contributed by atoms with Crippen molar-refractivity contribution in [1.29, 1.82) is 0 Å². The highest BCUT2D eigenvalue weighted by molar-refractivity contribution is 5.77. The summed E-state index contributed by atoms with van der Waals surface area (Å²) in [6.07, 6.45) is 1.95. The van der Waals surface area contributed by atoms with Crippen LogP contribution in [-0.2, 0) is 19.1 Å². The van der Waals surface area contributed by atoms with Crippen LogP contribution in [0.5, 0.6) is 0 Å². The lowest BCUT2D eigenvalue weighted by Gasteiger charge is -2.29. The minimum Gasteiger partial charge on any atom is -0.378 e. The lowest BCUT2D eigenvalue weighted by atomic mass is 9.84. The Morgan fingerprint density at radius 1 is 1.19 bits per heavy atom. The van der Waals surface area contributed by atoms with Crippen LogP contribution in [0.4, 0.5) is 0 Å². The molecule has 3 saturated heterocycles. The maximum Gasteiger partial charge on any atom is 0.225 e. The first-order valence-corrected chi connectivity index (χ1v) is 10.5. The van der Waals surface area contributed by atoms with Crippen molar-refractivity contribution in [3.63, 3.8) is 0 Å². The molecular weight excluding hydrogens is 346 g/mol. The van der Waals surface area contributed by atoms with Gasteiger partial charge in [0, 0.05) is 44.1 Å². The molecule has 0 saturated carbocycles. The first-order chi connectivity index (χ1) is 13.0. The monoisotopic (exact) mass is 381 g/mol. The Morgan fingerprint density at radius 2 is 1.93 bits per heavy atom. The molecule has 0 radical (unpaired) electrons. The number of rotatable bonds is 7. The Bertz CT molecular complexity index is 521. The Kier molecular flexibility index (Phi) is 7.11. The fourth-order valence-electron chi connectivity index (χ4n) is 4.89. The first kappa shape index (κ1) is 20.6. The highest BCUT2D eigenvalue weighted by Crippen LogP contribution is 2.41. The summed E-state index contributed by atoms with van der Waals surface area (Å²) in [6.45, 7) is 11.4. The van der Waals surface area contributed by atoms with E-state index in [1.54, 1.807) is 0 Å². The zero-order valence-electron chi connectivity index (χ0n) is 17.0. The molecule has 7 heteroatoms. The minimum atomic E-state index is -0.0796. The zero-order chi connectivity index (χ0) is 19.4. The van der Waals surface area contributed by atoms with Gasteiger partial charge in [-0.1, -0.05) is 6.92 Å². The molecule has 3 rings (SSSR count). The Labute approximate surface area is 162 Å². The van der Waals surface area contributed by atoms with Gasteiger partial charge in [-0.3, -0.25) is 14.5 Å². The third-order valence-electron chi connectivity index (χ3n) is 5.98. The number of fused-ring (bicyclic) bond motifs is 1. The van der Waals surface area contributed by atoms with Crippen LogP contribution in [0.25, 0.3) is 0 Å². The first-order valence-electron chi connectivity index (χ1n) is 10.5. The number of likely N-dealkylation sites (tertiary alicyclic amines) is 1. The number of carbonyl (C=O) groups is 2. The van der Waals surface area contributed by atoms with Crippen molar-refractivity contribution in [3.05, 3.63) is 0 Å². The van der Waals surface area contributed by atoms with Gasteiger partial charge in [0.1, 0.15) is 0 Å². The van der Waals surface area contributed by atoms with E-state index in [0.29, 0.717) is 51.8 Å². The van der Waals surface area contributed by atoms with Crippen molar-refractivity contribution in [1.82, 2.24) is 15.1 Å². The van der Waals surface area contributed by atoms with Crippen LogP contribution >= 0.6 is 0 Å². The summed E-state index contributed by atoms with van der Waals surface area (Å²) in [5.74, 6) is 0.783. The molecule has 0 aromatic heterocycles. The summed E-state index contributed by atoms with van der Waals surface area (Å²) in [6, 6.07) is 0.490. The number of amides is 2. The number of hydrogen-bond acceptors (Lipinski definition) is 5. The zero-order valence-corrected chi connectivity index (χ0v) is 17.0. The second-order valence-electron chi connectivity index (χ2n) is 8.40. The van der Waals surface area contributed by atoms with E-state index in [4.69, 9.17) is 9.47 Å². The summed E-state index contributed by atoms with van der Waals surface area (Å²) < 4.78 is 11.4. The highest BCUT2D eigenvalue weighted by Gasteiger charge is 2.51. The van der Waals surface area contributed by atoms with Crippen molar-refractivity contribution >= 4 is 11.8 Å². The largest absolute Gasteiger partial charge is 0.378 e. The average molecular weight is 382 g/mol. The second-order valence-corrected chi connectivity index (χ2v) is 8.40. The van der Waals surface area contributed by atoms with E-state index in [9.17, 15) is 9.59 Å². The van der Waals surface area contributed by atoms with E-state index in [1.807, 2.05) is 18.7 Å². The lowest BCUT2D eigenvalue weighted by molar-refractivity contribution is -0.138. The molecule has 0 aromatic rings. The molecular formula is C20H35N3O4. The predicted octanol–water partition coefficient (Wildman–Crippen LogP) is 0.875. The van der Waals surface area contributed by atoms with E-state index in [0.717, 1.165) is 19.5 Å². The van der Waals surface area contributed by atoms with Crippen molar-refractivity contribution < 1.29 is 19.1 Å². The van der Waals surface area contributed by atoms with E-state index in [1.165, 1.54) is 0 Å². The van der Waals surface area contributed by atoms with Crippen LogP contribution < -0.4 is 5.32 Å². The van der Waals surface area contributed by atoms with Crippen LogP contribution in [-0.4, -0.2) is 85.8 Å². The molecule has 27 heavy (non-hydrogen) atoms. The van der Waals surface area contributed by atoms with Gasteiger partial charge in [-0.25, -0.2) is 0 Å². The topological polar surface area (TPSA) is 71.1 Å². The number of nitrogens with zero attached hydrogens (tertiary/aromatic N) is 2. The maximum absolute atomic E-state index is 12.7. The van der Waals surface area contributed by atoms with Crippen molar-refractivity contribution in [2.24, 2.45) is 11.8 Å². The average Bonchev–Trinajstić information content (AvgIpc) is 3.18. The molecule has 0 unspecified atom stereocenters. The predicted molar refractivity (Wildman–Crippen MR) is 102 cm³/mol. The van der Waals surface area contributed by atoms with Crippen LogP contribution in [0.2, 0.25) is 0 Å². The molecule has 0 aromatic carbocycles. The van der Waals surface area contributed by atoms with Crippen LogP contribution in [0.3, 0.4) is 0 Å². The molecule has 0 spiro atoms. The lowest BCUT2D eigenvalue weighted by Crippen LogP contribution is -2.43. The van der Waals surface area contributed by atoms with E-state index in [2.05, 4.69) is 17.1 Å². The SMILES string of the molecule is CCCN1C[C@@H](CC(=O)NC(C)C)[C@H]2[C@H](CC(=O)N3CCOCC3)OC[C@H]21. The minimum absolute atomic E-state index is 0.0796. The van der Waals surface area contributed by atoms with Crippen LogP contribution in [0.1, 0.15) is 40.0 Å². The molecule has 0 aliphatic carbocycles. The highest BCUT2D eigenvalue weighted by atomic mass is 16.5. The van der Waals surface area contributed by atoms with Gasteiger partial charge in [0.15, 0.2) is 0 Å². The van der Waals surface area contributed by atoms with E-state index < -0.39 is 0 Å². The van der Waals surface area contributed by atoms with Gasteiger partial charge in [0.05, 0.1) is 32.3 Å². The number of hydrogen-bond donors (Lipinski definition) is 1. The Balaban J connectivity index is 1.65. The van der Waals surface area contributed by atoms with Gasteiger partial charge in [0.2, 0.25) is 11.8 Å². The normalized spacial score (nSPS) is 31.3. The van der Waals surface area contributed by atoms with E-state index >= 15 is 0 Å². The number of carbonyl (C=O) groups excluding carboxylic acids is 2. The third-order valence-corrected chi connectivity index (χ3v) is 5.98. The summed E-state index contributed by atoms with van der Waals surface area (Å²) in [4.78, 5) is 29.5. The summed E-state index contributed by atoms with van der Waals surface area (Å²) in [5, 5.41) is 3.02. The second kappa shape index (κ2) is 9.34. The molecule has 4 atom stereocenters. The number of ether oxygens (including phenoxy) is 2. The summed E-state index contributed by atoms with van der Waals surface area (Å²) in [7, 11) is 0. The fourth-order valence-corrected chi connectivity index (χ4v) is 4.89. The van der Waals surface area contributed by atoms with Crippen molar-refractivity contribution in [3.8, 4) is 0 Å². The maximum atomic E-state index is 12.7. The molecule has 154 valence electrons. The van der Waals surface area contributed by atoms with E-state index in [-0.39, 0.29) is 35.8 Å². The molecule has 3 fully saturated rings. The molecule has 3 aliphatic rings. The third kappa shape index (κ3) is 5.00. The van der Waals surface area contributed by atoms with Crippen LogP contribution in [0.15, 0.2) is 0 Å². The Morgan fingerprint density at radius 3 is 2.59 bits per heavy atom. The molecule has 0 bridgehead atoms. The van der Waals surface area contributed by atoms with Gasteiger partial charge in [0.25, 0.3) is 0 Å². The Hall–Kier alpha value is -1.18. The quantitative estimate of drug-likeness (QED) is 0.709. The van der Waals surface area contributed by atoms with Gasteiger partial charge < -0.3 is 19.7 Å². The standard InChI is InChI=1S/C20H35N3O4/c1-4-5-23-12-15(10-18(24)21-14(2)3)20-16(23)13-27-17(20)11-19(25)22-6-8-26-9-7-22/h14-17,20H,4-13H2,1-3H3,(H,21,24)/t15-,16-,17+,20-/m1/s1. The summed E-state index contributed by atoms with van der Waals surface area (Å²) >= 11 is 0. The van der Waals surface area contributed by atoms with Crippen molar-refractivity contribution in [2.75, 3.05) is 46.0 Å². The molecule has 1 N–H and O–H groups in total. The molecule has 3 aliphatic heterocycles. The molecule has 7 nitrogen and oxygen atoms in total. The molecule has 2 amide bonds. The number of morpholine rings is 1. The van der Waals surface area contributed by atoms with Gasteiger partial charge >= 0.3 is 0 Å². The number of nitrogens with one attached hydrogen (secondary N) is 1. The van der Waals surface area contributed by atoms with Crippen LogP contribution in [0, 0.1) is 11.8 Å².